The van der Waals surface area contributed by atoms with Gasteiger partial charge in [0.25, 0.3) is 5.91 Å². The van der Waals surface area contributed by atoms with Crippen LogP contribution in [0.15, 0.2) is 48.5 Å². The first-order chi connectivity index (χ1) is 14.6. The van der Waals surface area contributed by atoms with Crippen molar-refractivity contribution in [2.45, 2.75) is 45.2 Å². The van der Waals surface area contributed by atoms with Crippen molar-refractivity contribution in [3.8, 4) is 5.75 Å². The summed E-state index contributed by atoms with van der Waals surface area (Å²) >= 11 is 0. The number of halogens is 3. The van der Waals surface area contributed by atoms with Crippen LogP contribution in [0.2, 0.25) is 0 Å². The Kier molecular flexibility index (Phi) is 8.44. The zero-order valence-electron chi connectivity index (χ0n) is 17.1. The van der Waals surface area contributed by atoms with Crippen LogP contribution in [0, 0.1) is 0 Å². The molecule has 9 heteroatoms. The predicted octanol–water partition coefficient (Wildman–Crippen LogP) is 3.82. The lowest BCUT2D eigenvalue weighted by Crippen LogP contribution is -2.35. The topological polar surface area (TPSA) is 84.9 Å². The van der Waals surface area contributed by atoms with Crippen LogP contribution in [0.5, 0.6) is 5.75 Å². The number of ether oxygens (including phenoxy) is 2. The molecule has 31 heavy (non-hydrogen) atoms. The fourth-order valence-corrected chi connectivity index (χ4v) is 2.79. The first-order valence-corrected chi connectivity index (χ1v) is 9.64. The van der Waals surface area contributed by atoms with Gasteiger partial charge in [0.1, 0.15) is 5.75 Å². The number of carboxylic acids is 1. The number of alkyl halides is 3. The minimum Gasteiger partial charge on any atom is -0.481 e. The number of hydrogen-bond acceptors (Lipinski definition) is 4. The highest BCUT2D eigenvalue weighted by molar-refractivity contribution is 5.80. The van der Waals surface area contributed by atoms with Crippen LogP contribution in [0.25, 0.3) is 0 Å². The molecule has 0 aliphatic heterocycles. The van der Waals surface area contributed by atoms with Gasteiger partial charge in [-0.2, -0.15) is 13.2 Å². The first-order valence-electron chi connectivity index (χ1n) is 9.64. The SMILES string of the molecule is CCOC(Cc1ccc(OC(C)C(=O)NCc2cccc(C(F)(F)F)c2)cc1)C(=O)O. The van der Waals surface area contributed by atoms with Crippen LogP contribution >= 0.6 is 0 Å². The van der Waals surface area contributed by atoms with Gasteiger partial charge >= 0.3 is 12.1 Å². The maximum atomic E-state index is 12.8. The van der Waals surface area contributed by atoms with E-state index in [2.05, 4.69) is 5.32 Å². The van der Waals surface area contributed by atoms with Gasteiger partial charge in [0.15, 0.2) is 12.2 Å². The van der Waals surface area contributed by atoms with Gasteiger partial charge in [-0.05, 0) is 49.2 Å². The number of rotatable bonds is 10. The third-order valence-electron chi connectivity index (χ3n) is 4.39. The Bertz CT molecular complexity index is 883. The average molecular weight is 439 g/mol. The lowest BCUT2D eigenvalue weighted by molar-refractivity contribution is -0.150. The fourth-order valence-electron chi connectivity index (χ4n) is 2.79. The number of carbonyl (C=O) groups is 2. The van der Waals surface area contributed by atoms with Gasteiger partial charge in [0.2, 0.25) is 0 Å². The Morgan fingerprint density at radius 2 is 1.77 bits per heavy atom. The Morgan fingerprint density at radius 3 is 2.35 bits per heavy atom. The van der Waals surface area contributed by atoms with E-state index in [-0.39, 0.29) is 19.6 Å². The highest BCUT2D eigenvalue weighted by atomic mass is 19.4. The zero-order valence-corrected chi connectivity index (χ0v) is 17.1. The summed E-state index contributed by atoms with van der Waals surface area (Å²) in [6.07, 6.45) is -6.09. The van der Waals surface area contributed by atoms with E-state index >= 15 is 0 Å². The summed E-state index contributed by atoms with van der Waals surface area (Å²) in [6, 6.07) is 11.3. The molecule has 2 N–H and O–H groups in total. The first kappa shape index (κ1) is 24.2. The second-order valence-corrected chi connectivity index (χ2v) is 6.81. The van der Waals surface area contributed by atoms with Crippen molar-refractivity contribution in [3.63, 3.8) is 0 Å². The Morgan fingerprint density at radius 1 is 1.10 bits per heavy atom. The van der Waals surface area contributed by atoms with Gasteiger partial charge < -0.3 is 19.9 Å². The molecule has 0 heterocycles. The number of benzene rings is 2. The average Bonchev–Trinajstić information content (AvgIpc) is 2.72. The van der Waals surface area contributed by atoms with E-state index in [0.717, 1.165) is 17.7 Å². The third kappa shape index (κ3) is 7.60. The molecule has 0 bridgehead atoms. The smallest absolute Gasteiger partial charge is 0.416 e. The molecule has 2 aromatic rings. The Hall–Kier alpha value is -3.07. The van der Waals surface area contributed by atoms with Crippen LogP contribution in [-0.4, -0.2) is 35.8 Å². The molecule has 0 aliphatic carbocycles. The summed E-state index contributed by atoms with van der Waals surface area (Å²) in [6.45, 7) is 3.45. The molecule has 6 nitrogen and oxygen atoms in total. The van der Waals surface area contributed by atoms with E-state index in [9.17, 15) is 22.8 Å². The summed E-state index contributed by atoms with van der Waals surface area (Å²) in [5, 5.41) is 11.7. The van der Waals surface area contributed by atoms with E-state index < -0.39 is 35.8 Å². The number of carboxylic acid groups (broad SMARTS) is 1. The molecule has 2 aromatic carbocycles. The maximum absolute atomic E-state index is 12.8. The van der Waals surface area contributed by atoms with Gasteiger partial charge in [0, 0.05) is 19.6 Å². The van der Waals surface area contributed by atoms with Gasteiger partial charge in [-0.3, -0.25) is 4.79 Å². The summed E-state index contributed by atoms with van der Waals surface area (Å²) in [5.74, 6) is -1.13. The van der Waals surface area contributed by atoms with Crippen LogP contribution in [0.4, 0.5) is 13.2 Å². The minimum absolute atomic E-state index is 0.0661. The van der Waals surface area contributed by atoms with Crippen molar-refractivity contribution in [2.75, 3.05) is 6.61 Å². The summed E-state index contributed by atoms with van der Waals surface area (Å²) in [4.78, 5) is 23.4. The number of aliphatic carboxylic acids is 1. The second kappa shape index (κ2) is 10.8. The van der Waals surface area contributed by atoms with E-state index in [0.29, 0.717) is 11.3 Å². The largest absolute Gasteiger partial charge is 0.481 e. The van der Waals surface area contributed by atoms with E-state index in [1.807, 2.05) is 0 Å². The molecule has 0 saturated heterocycles. The van der Waals surface area contributed by atoms with E-state index in [4.69, 9.17) is 14.6 Å². The summed E-state index contributed by atoms with van der Waals surface area (Å²) in [7, 11) is 0. The Balaban J connectivity index is 1.89. The zero-order chi connectivity index (χ0) is 23.0. The standard InChI is InChI=1S/C22H24F3NO5/c1-3-30-19(21(28)29)12-15-7-9-18(10-8-15)31-14(2)20(27)26-13-16-5-4-6-17(11-16)22(23,24)25/h4-11,14,19H,3,12-13H2,1-2H3,(H,26,27)(H,28,29). The van der Waals surface area contributed by atoms with Crippen LogP contribution in [-0.2, 0) is 33.5 Å². The summed E-state index contributed by atoms with van der Waals surface area (Å²) in [5.41, 5.74) is 0.273. The van der Waals surface area contributed by atoms with Gasteiger partial charge in [-0.25, -0.2) is 4.79 Å². The highest BCUT2D eigenvalue weighted by Gasteiger charge is 2.30. The van der Waals surface area contributed by atoms with Crippen LogP contribution < -0.4 is 10.1 Å². The van der Waals surface area contributed by atoms with Crippen LogP contribution in [0.1, 0.15) is 30.5 Å². The van der Waals surface area contributed by atoms with Crippen molar-refractivity contribution in [1.82, 2.24) is 5.32 Å². The number of hydrogen-bond donors (Lipinski definition) is 2. The van der Waals surface area contributed by atoms with Gasteiger partial charge in [-0.15, -0.1) is 0 Å². The van der Waals surface area contributed by atoms with E-state index in [1.54, 1.807) is 31.2 Å². The Labute approximate surface area is 178 Å². The van der Waals surface area contributed by atoms with Crippen molar-refractivity contribution in [3.05, 3.63) is 65.2 Å². The fraction of sp³-hybridized carbons (Fsp3) is 0.364. The highest BCUT2D eigenvalue weighted by Crippen LogP contribution is 2.29. The normalized spacial score (nSPS) is 13.3. The number of nitrogens with one attached hydrogen (secondary N) is 1. The molecule has 0 fully saturated rings. The van der Waals surface area contributed by atoms with Crippen molar-refractivity contribution in [2.24, 2.45) is 0 Å². The van der Waals surface area contributed by atoms with Crippen molar-refractivity contribution >= 4 is 11.9 Å². The molecule has 168 valence electrons. The maximum Gasteiger partial charge on any atom is 0.416 e. The van der Waals surface area contributed by atoms with Crippen LogP contribution in [0.3, 0.4) is 0 Å². The molecule has 0 aromatic heterocycles. The molecule has 2 unspecified atom stereocenters. The van der Waals surface area contributed by atoms with E-state index in [1.165, 1.54) is 19.1 Å². The quantitative estimate of drug-likeness (QED) is 0.588. The number of amides is 1. The predicted molar refractivity (Wildman–Crippen MR) is 107 cm³/mol. The number of carbonyl (C=O) groups excluding carboxylic acids is 1. The molecule has 0 aliphatic rings. The molecule has 2 atom stereocenters. The van der Waals surface area contributed by atoms with Gasteiger partial charge in [0.05, 0.1) is 5.56 Å². The monoisotopic (exact) mass is 439 g/mol. The molecule has 2 rings (SSSR count). The third-order valence-corrected chi connectivity index (χ3v) is 4.39. The van der Waals surface area contributed by atoms with Gasteiger partial charge in [-0.1, -0.05) is 24.3 Å². The van der Waals surface area contributed by atoms with Crippen molar-refractivity contribution < 1.29 is 37.3 Å². The molecule has 0 saturated carbocycles. The second-order valence-electron chi connectivity index (χ2n) is 6.81. The van der Waals surface area contributed by atoms with Crippen molar-refractivity contribution in [1.29, 1.82) is 0 Å². The molecular formula is C22H24F3NO5. The molecule has 0 spiro atoms. The molecule has 1 amide bonds. The molecular weight excluding hydrogens is 415 g/mol. The summed E-state index contributed by atoms with van der Waals surface area (Å²) < 4.78 is 49.0. The minimum atomic E-state index is -4.45. The molecule has 0 radical (unpaired) electrons. The lowest BCUT2D eigenvalue weighted by atomic mass is 10.1. The lowest BCUT2D eigenvalue weighted by Gasteiger charge is -2.16.